The fourth-order valence-corrected chi connectivity index (χ4v) is 2.38. The summed E-state index contributed by atoms with van der Waals surface area (Å²) in [4.78, 5) is 16.1. The van der Waals surface area contributed by atoms with Gasteiger partial charge < -0.3 is 14.8 Å². The number of aromatic nitrogens is 1. The van der Waals surface area contributed by atoms with Gasteiger partial charge in [-0.05, 0) is 48.5 Å². The van der Waals surface area contributed by atoms with Gasteiger partial charge in [-0.25, -0.2) is 4.98 Å². The topological polar surface area (TPSA) is 84.2 Å². The SMILES string of the molecule is N#Cc1ccc(NC(=O)COc2ccc(Oc3ccccn3)cc2)cc1Cl. The third kappa shape index (κ3) is 5.21. The number of nitriles is 1. The van der Waals surface area contributed by atoms with Gasteiger partial charge >= 0.3 is 0 Å². The molecule has 1 heterocycles. The molecule has 0 aliphatic heterocycles. The van der Waals surface area contributed by atoms with Gasteiger partial charge in [-0.1, -0.05) is 17.7 Å². The minimum atomic E-state index is -0.343. The first-order valence-corrected chi connectivity index (χ1v) is 8.33. The molecule has 0 aliphatic rings. The Morgan fingerprint density at radius 2 is 1.89 bits per heavy atom. The predicted molar refractivity (Wildman–Crippen MR) is 101 cm³/mol. The highest BCUT2D eigenvalue weighted by Gasteiger charge is 2.07. The first-order valence-electron chi connectivity index (χ1n) is 7.95. The molecular formula is C20H14ClN3O3. The van der Waals surface area contributed by atoms with Gasteiger partial charge in [0.2, 0.25) is 5.88 Å². The molecule has 0 aliphatic carbocycles. The molecule has 0 bridgehead atoms. The molecule has 1 N–H and O–H groups in total. The Kier molecular flexibility index (Phi) is 5.87. The molecule has 0 saturated carbocycles. The second kappa shape index (κ2) is 8.70. The zero-order chi connectivity index (χ0) is 19.1. The van der Waals surface area contributed by atoms with E-state index in [0.29, 0.717) is 28.6 Å². The second-order valence-electron chi connectivity index (χ2n) is 5.38. The zero-order valence-electron chi connectivity index (χ0n) is 14.1. The Morgan fingerprint density at radius 1 is 1.11 bits per heavy atom. The number of benzene rings is 2. The molecule has 0 spiro atoms. The maximum absolute atomic E-state index is 12.0. The summed E-state index contributed by atoms with van der Waals surface area (Å²) in [6.07, 6.45) is 1.65. The van der Waals surface area contributed by atoms with E-state index >= 15 is 0 Å². The summed E-state index contributed by atoms with van der Waals surface area (Å²) in [7, 11) is 0. The van der Waals surface area contributed by atoms with Crippen LogP contribution in [0.2, 0.25) is 5.02 Å². The van der Waals surface area contributed by atoms with Crippen molar-refractivity contribution >= 4 is 23.2 Å². The Labute approximate surface area is 160 Å². The largest absolute Gasteiger partial charge is 0.484 e. The number of pyridine rings is 1. The summed E-state index contributed by atoms with van der Waals surface area (Å²) in [5.41, 5.74) is 0.839. The minimum absolute atomic E-state index is 0.169. The highest BCUT2D eigenvalue weighted by Crippen LogP contribution is 2.23. The number of rotatable bonds is 6. The standard InChI is InChI=1S/C20H14ClN3O3/c21-18-11-15(5-4-14(18)12-22)24-19(25)13-26-16-6-8-17(9-7-16)27-20-3-1-2-10-23-20/h1-11H,13H2,(H,24,25). The van der Waals surface area contributed by atoms with E-state index in [4.69, 9.17) is 26.3 Å². The van der Waals surface area contributed by atoms with Crippen LogP contribution in [0.1, 0.15) is 5.56 Å². The van der Waals surface area contributed by atoms with Crippen LogP contribution in [0.4, 0.5) is 5.69 Å². The van der Waals surface area contributed by atoms with E-state index in [1.807, 2.05) is 12.1 Å². The molecule has 1 amide bonds. The number of ether oxygens (including phenoxy) is 2. The second-order valence-corrected chi connectivity index (χ2v) is 5.79. The van der Waals surface area contributed by atoms with Gasteiger partial charge in [-0.2, -0.15) is 5.26 Å². The molecule has 0 radical (unpaired) electrons. The number of amides is 1. The Morgan fingerprint density at radius 3 is 2.56 bits per heavy atom. The van der Waals surface area contributed by atoms with E-state index in [0.717, 1.165) is 0 Å². The number of nitrogens with zero attached hydrogens (tertiary/aromatic N) is 2. The molecule has 3 aromatic rings. The quantitative estimate of drug-likeness (QED) is 0.685. The van der Waals surface area contributed by atoms with Crippen molar-refractivity contribution in [3.05, 3.63) is 77.4 Å². The van der Waals surface area contributed by atoms with Crippen molar-refractivity contribution < 1.29 is 14.3 Å². The normalized spacial score (nSPS) is 9.93. The number of hydrogen-bond acceptors (Lipinski definition) is 5. The highest BCUT2D eigenvalue weighted by atomic mass is 35.5. The van der Waals surface area contributed by atoms with Gasteiger partial charge in [0.05, 0.1) is 10.6 Å². The molecule has 1 aromatic heterocycles. The maximum atomic E-state index is 12.0. The number of nitrogens with one attached hydrogen (secondary N) is 1. The van der Waals surface area contributed by atoms with Crippen LogP contribution in [0, 0.1) is 11.3 Å². The smallest absolute Gasteiger partial charge is 0.262 e. The van der Waals surface area contributed by atoms with Gasteiger partial charge in [0.25, 0.3) is 5.91 Å². The van der Waals surface area contributed by atoms with Crippen molar-refractivity contribution in [2.24, 2.45) is 0 Å². The van der Waals surface area contributed by atoms with E-state index in [2.05, 4.69) is 10.3 Å². The van der Waals surface area contributed by atoms with Crippen molar-refractivity contribution in [3.63, 3.8) is 0 Å². The van der Waals surface area contributed by atoms with Crippen LogP contribution in [0.15, 0.2) is 66.9 Å². The first-order chi connectivity index (χ1) is 13.1. The summed E-state index contributed by atoms with van der Waals surface area (Å²) < 4.78 is 11.0. The highest BCUT2D eigenvalue weighted by molar-refractivity contribution is 6.32. The number of anilines is 1. The molecule has 134 valence electrons. The monoisotopic (exact) mass is 379 g/mol. The lowest BCUT2D eigenvalue weighted by Crippen LogP contribution is -2.20. The fraction of sp³-hybridized carbons (Fsp3) is 0.0500. The number of hydrogen-bond donors (Lipinski definition) is 1. The van der Waals surface area contributed by atoms with E-state index in [-0.39, 0.29) is 17.5 Å². The molecular weight excluding hydrogens is 366 g/mol. The van der Waals surface area contributed by atoms with E-state index < -0.39 is 0 Å². The summed E-state index contributed by atoms with van der Waals surface area (Å²) in [5, 5.41) is 11.8. The van der Waals surface area contributed by atoms with E-state index in [1.165, 1.54) is 6.07 Å². The Hall–Kier alpha value is -3.56. The molecule has 0 fully saturated rings. The van der Waals surface area contributed by atoms with Crippen LogP contribution in [0.25, 0.3) is 0 Å². The van der Waals surface area contributed by atoms with Gasteiger partial charge in [-0.3, -0.25) is 4.79 Å². The van der Waals surface area contributed by atoms with Crippen molar-refractivity contribution in [2.75, 3.05) is 11.9 Å². The molecule has 0 atom stereocenters. The minimum Gasteiger partial charge on any atom is -0.484 e. The van der Waals surface area contributed by atoms with Crippen LogP contribution >= 0.6 is 11.6 Å². The molecule has 0 saturated heterocycles. The third-order valence-corrected chi connectivity index (χ3v) is 3.74. The summed E-state index contributed by atoms with van der Waals surface area (Å²) in [6, 6.07) is 18.9. The maximum Gasteiger partial charge on any atom is 0.262 e. The average molecular weight is 380 g/mol. The summed E-state index contributed by atoms with van der Waals surface area (Å²) >= 11 is 5.94. The van der Waals surface area contributed by atoms with Gasteiger partial charge in [0.15, 0.2) is 6.61 Å². The number of carbonyl (C=O) groups is 1. The number of carbonyl (C=O) groups excluding carboxylic acids is 1. The average Bonchev–Trinajstić information content (AvgIpc) is 2.68. The van der Waals surface area contributed by atoms with E-state index in [1.54, 1.807) is 54.7 Å². The molecule has 3 rings (SSSR count). The van der Waals surface area contributed by atoms with Crippen molar-refractivity contribution in [3.8, 4) is 23.4 Å². The lowest BCUT2D eigenvalue weighted by atomic mass is 10.2. The lowest BCUT2D eigenvalue weighted by molar-refractivity contribution is -0.118. The Bertz CT molecular complexity index is 970. The van der Waals surface area contributed by atoms with Crippen LogP contribution in [0.3, 0.4) is 0 Å². The van der Waals surface area contributed by atoms with Gasteiger partial charge in [0.1, 0.15) is 17.6 Å². The fourth-order valence-electron chi connectivity index (χ4n) is 2.16. The summed E-state index contributed by atoms with van der Waals surface area (Å²) in [5.74, 6) is 1.28. The van der Waals surface area contributed by atoms with Gasteiger partial charge in [-0.15, -0.1) is 0 Å². The van der Waals surface area contributed by atoms with Crippen LogP contribution < -0.4 is 14.8 Å². The third-order valence-electron chi connectivity index (χ3n) is 3.43. The van der Waals surface area contributed by atoms with Crippen molar-refractivity contribution in [1.29, 1.82) is 5.26 Å². The van der Waals surface area contributed by atoms with Crippen molar-refractivity contribution in [2.45, 2.75) is 0 Å². The lowest BCUT2D eigenvalue weighted by Gasteiger charge is -2.09. The van der Waals surface area contributed by atoms with Crippen LogP contribution in [0.5, 0.6) is 17.4 Å². The van der Waals surface area contributed by atoms with Crippen LogP contribution in [-0.4, -0.2) is 17.5 Å². The number of halogens is 1. The van der Waals surface area contributed by atoms with Crippen molar-refractivity contribution in [1.82, 2.24) is 4.98 Å². The first kappa shape index (κ1) is 18.2. The molecule has 6 nitrogen and oxygen atoms in total. The van der Waals surface area contributed by atoms with Crippen LogP contribution in [-0.2, 0) is 4.79 Å². The van der Waals surface area contributed by atoms with E-state index in [9.17, 15) is 4.79 Å². The predicted octanol–water partition coefficient (Wildman–Crippen LogP) is 4.42. The molecule has 27 heavy (non-hydrogen) atoms. The molecule has 2 aromatic carbocycles. The summed E-state index contributed by atoms with van der Waals surface area (Å²) in [6.45, 7) is -0.169. The van der Waals surface area contributed by atoms with Gasteiger partial charge in [0, 0.05) is 18.0 Å². The zero-order valence-corrected chi connectivity index (χ0v) is 14.8. The molecule has 0 unspecified atom stereocenters. The molecule has 7 heteroatoms. The Balaban J connectivity index is 1.51.